The van der Waals surface area contributed by atoms with Crippen LogP contribution in [0.3, 0.4) is 0 Å². The van der Waals surface area contributed by atoms with Gasteiger partial charge in [0.1, 0.15) is 11.6 Å². The predicted octanol–water partition coefficient (Wildman–Crippen LogP) is 1.55. The van der Waals surface area contributed by atoms with E-state index in [1.165, 1.54) is 18.2 Å². The first-order valence-corrected chi connectivity index (χ1v) is 5.90. The van der Waals surface area contributed by atoms with Crippen LogP contribution in [-0.4, -0.2) is 28.6 Å². The molecule has 0 unspecified atom stereocenters. The number of hydrogen-bond acceptors (Lipinski definition) is 4. The zero-order valence-corrected chi connectivity index (χ0v) is 11.4. The fourth-order valence-electron chi connectivity index (χ4n) is 1.31. The summed E-state index contributed by atoms with van der Waals surface area (Å²) in [6.07, 6.45) is 0. The van der Waals surface area contributed by atoms with Crippen LogP contribution in [0.15, 0.2) is 23.4 Å². The zero-order chi connectivity index (χ0) is 14.6. The van der Waals surface area contributed by atoms with Gasteiger partial charge in [0, 0.05) is 17.0 Å². The quantitative estimate of drug-likeness (QED) is 0.291. The van der Waals surface area contributed by atoms with Crippen LogP contribution >= 0.6 is 11.6 Å². The summed E-state index contributed by atoms with van der Waals surface area (Å²) in [5, 5.41) is 24.1. The van der Waals surface area contributed by atoms with Gasteiger partial charge in [0.25, 0.3) is 5.91 Å². The SMILES string of the molecule is CC(C)(CNC(=O)c1cc(Cl)ccc1O)/C(N)=N/O. The Kier molecular flexibility index (Phi) is 4.61. The van der Waals surface area contributed by atoms with Crippen molar-refractivity contribution in [3.63, 3.8) is 0 Å². The molecule has 0 heterocycles. The van der Waals surface area contributed by atoms with Gasteiger partial charge in [-0.2, -0.15) is 0 Å². The van der Waals surface area contributed by atoms with E-state index < -0.39 is 11.3 Å². The van der Waals surface area contributed by atoms with Crippen LogP contribution in [0.5, 0.6) is 5.75 Å². The lowest BCUT2D eigenvalue weighted by Gasteiger charge is -2.23. The van der Waals surface area contributed by atoms with Gasteiger partial charge in [-0.25, -0.2) is 0 Å². The molecule has 0 saturated heterocycles. The first-order valence-electron chi connectivity index (χ1n) is 5.52. The fourth-order valence-corrected chi connectivity index (χ4v) is 1.48. The number of nitrogens with zero attached hydrogens (tertiary/aromatic N) is 1. The third-order valence-electron chi connectivity index (χ3n) is 2.70. The third-order valence-corrected chi connectivity index (χ3v) is 2.93. The molecule has 1 amide bonds. The summed E-state index contributed by atoms with van der Waals surface area (Å²) in [7, 11) is 0. The summed E-state index contributed by atoms with van der Waals surface area (Å²) in [4.78, 5) is 11.9. The fraction of sp³-hybridized carbons (Fsp3) is 0.333. The molecule has 0 spiro atoms. The number of hydrogen-bond donors (Lipinski definition) is 4. The highest BCUT2D eigenvalue weighted by Gasteiger charge is 2.25. The molecular formula is C12H16ClN3O3. The topological polar surface area (TPSA) is 108 Å². The van der Waals surface area contributed by atoms with Crippen molar-refractivity contribution in [2.45, 2.75) is 13.8 Å². The molecule has 1 aromatic carbocycles. The third kappa shape index (κ3) is 3.75. The normalized spacial score (nSPS) is 12.3. The molecule has 0 radical (unpaired) electrons. The van der Waals surface area contributed by atoms with Crippen LogP contribution in [0.1, 0.15) is 24.2 Å². The number of rotatable bonds is 4. The van der Waals surface area contributed by atoms with Crippen molar-refractivity contribution in [1.29, 1.82) is 0 Å². The van der Waals surface area contributed by atoms with Gasteiger partial charge in [0.15, 0.2) is 0 Å². The van der Waals surface area contributed by atoms with Crippen molar-refractivity contribution in [3.05, 3.63) is 28.8 Å². The number of benzene rings is 1. The summed E-state index contributed by atoms with van der Waals surface area (Å²) < 4.78 is 0. The molecule has 7 heteroatoms. The molecule has 6 nitrogen and oxygen atoms in total. The number of carbonyl (C=O) groups excluding carboxylic acids is 1. The van der Waals surface area contributed by atoms with E-state index in [-0.39, 0.29) is 23.7 Å². The van der Waals surface area contributed by atoms with Crippen LogP contribution in [0, 0.1) is 5.41 Å². The molecule has 0 aromatic heterocycles. The van der Waals surface area contributed by atoms with Gasteiger partial charge in [-0.05, 0) is 18.2 Å². The molecule has 0 saturated carbocycles. The van der Waals surface area contributed by atoms with E-state index >= 15 is 0 Å². The Bertz CT molecular complexity index is 515. The van der Waals surface area contributed by atoms with Gasteiger partial charge < -0.3 is 21.4 Å². The second-order valence-corrected chi connectivity index (χ2v) is 5.15. The maximum absolute atomic E-state index is 11.9. The van der Waals surface area contributed by atoms with Crippen molar-refractivity contribution in [2.24, 2.45) is 16.3 Å². The smallest absolute Gasteiger partial charge is 0.255 e. The van der Waals surface area contributed by atoms with Gasteiger partial charge in [0.05, 0.1) is 5.56 Å². The van der Waals surface area contributed by atoms with Gasteiger partial charge in [-0.15, -0.1) is 0 Å². The minimum Gasteiger partial charge on any atom is -0.507 e. The van der Waals surface area contributed by atoms with E-state index in [2.05, 4.69) is 10.5 Å². The minimum atomic E-state index is -0.710. The number of aromatic hydroxyl groups is 1. The Labute approximate surface area is 115 Å². The predicted molar refractivity (Wildman–Crippen MR) is 72.6 cm³/mol. The second-order valence-electron chi connectivity index (χ2n) is 4.71. The monoisotopic (exact) mass is 285 g/mol. The van der Waals surface area contributed by atoms with E-state index in [1.807, 2.05) is 0 Å². The molecule has 0 aliphatic carbocycles. The Morgan fingerprint density at radius 2 is 2.16 bits per heavy atom. The lowest BCUT2D eigenvalue weighted by Crippen LogP contribution is -2.42. The zero-order valence-electron chi connectivity index (χ0n) is 10.6. The largest absolute Gasteiger partial charge is 0.507 e. The lowest BCUT2D eigenvalue weighted by atomic mass is 9.92. The standard InChI is InChI=1S/C12H16ClN3O3/c1-12(2,11(14)16-19)6-15-10(18)8-5-7(13)3-4-9(8)17/h3-5,17,19H,6H2,1-2H3,(H2,14,16)(H,15,18). The van der Waals surface area contributed by atoms with Gasteiger partial charge in [-0.1, -0.05) is 30.6 Å². The molecule has 19 heavy (non-hydrogen) atoms. The number of nitrogens with two attached hydrogens (primary N) is 1. The Morgan fingerprint density at radius 3 is 2.74 bits per heavy atom. The number of oxime groups is 1. The van der Waals surface area contributed by atoms with Crippen molar-refractivity contribution in [3.8, 4) is 5.75 Å². The number of phenols is 1. The highest BCUT2D eigenvalue weighted by molar-refractivity contribution is 6.31. The molecule has 1 aromatic rings. The number of nitrogens with one attached hydrogen (secondary N) is 1. The summed E-state index contributed by atoms with van der Waals surface area (Å²) in [5.41, 5.74) is 4.87. The van der Waals surface area contributed by atoms with Crippen molar-refractivity contribution < 1.29 is 15.1 Å². The first-order chi connectivity index (χ1) is 8.77. The molecule has 0 bridgehead atoms. The molecular weight excluding hydrogens is 270 g/mol. The van der Waals surface area contributed by atoms with Gasteiger partial charge >= 0.3 is 0 Å². The summed E-state index contributed by atoms with van der Waals surface area (Å²) in [6.45, 7) is 3.56. The van der Waals surface area contributed by atoms with E-state index in [4.69, 9.17) is 22.5 Å². The van der Waals surface area contributed by atoms with Crippen LogP contribution in [0.2, 0.25) is 5.02 Å². The average Bonchev–Trinajstić information content (AvgIpc) is 2.37. The van der Waals surface area contributed by atoms with Crippen LogP contribution in [0.25, 0.3) is 0 Å². The number of amides is 1. The lowest BCUT2D eigenvalue weighted by molar-refractivity contribution is 0.0941. The van der Waals surface area contributed by atoms with Crippen LogP contribution < -0.4 is 11.1 Å². The highest BCUT2D eigenvalue weighted by atomic mass is 35.5. The molecule has 0 fully saturated rings. The molecule has 0 atom stereocenters. The molecule has 0 aliphatic heterocycles. The number of halogens is 1. The molecule has 0 aliphatic rings. The maximum atomic E-state index is 11.9. The molecule has 104 valence electrons. The summed E-state index contributed by atoms with van der Waals surface area (Å²) in [6, 6.07) is 4.18. The minimum absolute atomic E-state index is 0.00289. The van der Waals surface area contributed by atoms with E-state index in [0.29, 0.717) is 5.02 Å². The van der Waals surface area contributed by atoms with Gasteiger partial charge in [-0.3, -0.25) is 4.79 Å². The second kappa shape index (κ2) is 5.79. The van der Waals surface area contributed by atoms with Crippen molar-refractivity contribution >= 4 is 23.3 Å². The summed E-state index contributed by atoms with van der Waals surface area (Å²) >= 11 is 5.76. The van der Waals surface area contributed by atoms with Crippen molar-refractivity contribution in [1.82, 2.24) is 5.32 Å². The van der Waals surface area contributed by atoms with E-state index in [9.17, 15) is 9.90 Å². The van der Waals surface area contributed by atoms with E-state index in [1.54, 1.807) is 13.8 Å². The maximum Gasteiger partial charge on any atom is 0.255 e. The van der Waals surface area contributed by atoms with Crippen molar-refractivity contribution in [2.75, 3.05) is 6.54 Å². The number of phenolic OH excluding ortho intramolecular Hbond substituents is 1. The summed E-state index contributed by atoms with van der Waals surface area (Å²) in [5.74, 6) is -0.648. The van der Waals surface area contributed by atoms with Gasteiger partial charge in [0.2, 0.25) is 0 Å². The van der Waals surface area contributed by atoms with E-state index in [0.717, 1.165) is 0 Å². The highest BCUT2D eigenvalue weighted by Crippen LogP contribution is 2.22. The first kappa shape index (κ1) is 15.1. The Balaban J connectivity index is 2.79. The Hall–Kier alpha value is -1.95. The number of carbonyl (C=O) groups is 1. The average molecular weight is 286 g/mol. The Morgan fingerprint density at radius 1 is 1.53 bits per heavy atom. The van der Waals surface area contributed by atoms with Crippen LogP contribution in [-0.2, 0) is 0 Å². The molecule has 1 rings (SSSR count). The van der Waals surface area contributed by atoms with Crippen LogP contribution in [0.4, 0.5) is 0 Å². The molecule has 5 N–H and O–H groups in total. The number of amidine groups is 1.